The van der Waals surface area contributed by atoms with Crippen molar-refractivity contribution in [3.05, 3.63) is 72.2 Å². The maximum Gasteiger partial charge on any atom is 0.229 e. The zero-order valence-corrected chi connectivity index (χ0v) is 15.2. The van der Waals surface area contributed by atoms with Crippen molar-refractivity contribution in [1.82, 2.24) is 9.97 Å². The molecule has 1 aliphatic heterocycles. The van der Waals surface area contributed by atoms with Gasteiger partial charge in [0.1, 0.15) is 17.7 Å². The van der Waals surface area contributed by atoms with Crippen molar-refractivity contribution >= 4 is 23.1 Å². The van der Waals surface area contributed by atoms with E-state index in [1.165, 1.54) is 6.07 Å². The van der Waals surface area contributed by atoms with Crippen LogP contribution < -0.4 is 15.1 Å². The Kier molecular flexibility index (Phi) is 5.02. The molecular weight excluding hydrogens is 355 g/mol. The smallest absolute Gasteiger partial charge is 0.229 e. The Hall–Kier alpha value is -3.66. The van der Waals surface area contributed by atoms with Crippen molar-refractivity contribution in [2.75, 3.05) is 41.3 Å². The highest BCUT2D eigenvalue weighted by Gasteiger charge is 2.20. The average Bonchev–Trinajstić information content (AvgIpc) is 2.75. The van der Waals surface area contributed by atoms with Crippen molar-refractivity contribution in [1.29, 1.82) is 5.26 Å². The number of anilines is 4. The fourth-order valence-corrected chi connectivity index (χ4v) is 3.28. The number of nitrogens with zero attached hydrogens (tertiary/aromatic N) is 5. The molecule has 2 aromatic carbocycles. The lowest BCUT2D eigenvalue weighted by atomic mass is 10.2. The van der Waals surface area contributed by atoms with Gasteiger partial charge in [-0.1, -0.05) is 24.3 Å². The van der Waals surface area contributed by atoms with Crippen LogP contribution in [-0.2, 0) is 0 Å². The van der Waals surface area contributed by atoms with Crippen LogP contribution in [0.3, 0.4) is 0 Å². The highest BCUT2D eigenvalue weighted by atomic mass is 19.1. The molecule has 1 fully saturated rings. The molecule has 0 atom stereocenters. The predicted octanol–water partition coefficient (Wildman–Crippen LogP) is 3.56. The molecule has 140 valence electrons. The second kappa shape index (κ2) is 7.92. The zero-order chi connectivity index (χ0) is 19.3. The number of benzene rings is 2. The van der Waals surface area contributed by atoms with Crippen LogP contribution >= 0.6 is 0 Å². The van der Waals surface area contributed by atoms with Gasteiger partial charge < -0.3 is 15.1 Å². The molecule has 4 rings (SSSR count). The van der Waals surface area contributed by atoms with Gasteiger partial charge in [0.25, 0.3) is 0 Å². The van der Waals surface area contributed by atoms with Crippen LogP contribution in [0.5, 0.6) is 0 Å². The van der Waals surface area contributed by atoms with Gasteiger partial charge in [0.05, 0.1) is 16.9 Å². The standard InChI is InChI=1S/C21H19FN6/c22-17-6-2-4-8-19(17)27-11-13-28(14-12-27)20-9-10-24-21(26-20)25-18-7-3-1-5-16(18)15-23/h1-10H,11-14H2,(H,24,25,26). The quantitative estimate of drug-likeness (QED) is 0.753. The normalized spacial score (nSPS) is 13.9. The van der Waals surface area contributed by atoms with Crippen LogP contribution in [0.25, 0.3) is 0 Å². The summed E-state index contributed by atoms with van der Waals surface area (Å²) in [4.78, 5) is 13.0. The van der Waals surface area contributed by atoms with E-state index in [-0.39, 0.29) is 5.82 Å². The van der Waals surface area contributed by atoms with Gasteiger partial charge in [0, 0.05) is 32.4 Å². The minimum absolute atomic E-state index is 0.194. The largest absolute Gasteiger partial charge is 0.366 e. The Morgan fingerprint density at radius 2 is 1.64 bits per heavy atom. The topological polar surface area (TPSA) is 68.1 Å². The molecule has 3 aromatic rings. The zero-order valence-electron chi connectivity index (χ0n) is 15.2. The Morgan fingerprint density at radius 3 is 2.43 bits per heavy atom. The molecular formula is C21H19FN6. The molecule has 0 bridgehead atoms. The molecule has 6 nitrogen and oxygen atoms in total. The van der Waals surface area contributed by atoms with Crippen LogP contribution in [0.1, 0.15) is 5.56 Å². The molecule has 0 unspecified atom stereocenters. The first kappa shape index (κ1) is 17.7. The minimum Gasteiger partial charge on any atom is -0.366 e. The average molecular weight is 374 g/mol. The monoisotopic (exact) mass is 374 g/mol. The summed E-state index contributed by atoms with van der Waals surface area (Å²) in [5.41, 5.74) is 1.85. The van der Waals surface area contributed by atoms with Gasteiger partial charge in [-0.3, -0.25) is 0 Å². The maximum absolute atomic E-state index is 14.0. The molecule has 28 heavy (non-hydrogen) atoms. The van der Waals surface area contributed by atoms with Crippen LogP contribution in [-0.4, -0.2) is 36.1 Å². The highest BCUT2D eigenvalue weighted by Crippen LogP contribution is 2.23. The summed E-state index contributed by atoms with van der Waals surface area (Å²) >= 11 is 0. The first-order chi connectivity index (χ1) is 13.7. The van der Waals surface area contributed by atoms with Gasteiger partial charge >= 0.3 is 0 Å². The van der Waals surface area contributed by atoms with Crippen LogP contribution in [0.15, 0.2) is 60.8 Å². The Bertz CT molecular complexity index is 1010. The van der Waals surface area contributed by atoms with Crippen molar-refractivity contribution < 1.29 is 4.39 Å². The predicted molar refractivity (Wildman–Crippen MR) is 107 cm³/mol. The third-order valence-electron chi connectivity index (χ3n) is 4.73. The minimum atomic E-state index is -0.194. The van der Waals surface area contributed by atoms with E-state index in [1.807, 2.05) is 36.4 Å². The molecule has 7 heteroatoms. The van der Waals surface area contributed by atoms with Gasteiger partial charge in [-0.15, -0.1) is 0 Å². The molecule has 1 aromatic heterocycles. The SMILES string of the molecule is N#Cc1ccccc1Nc1nccc(N2CCN(c3ccccc3F)CC2)n1. The summed E-state index contributed by atoms with van der Waals surface area (Å²) in [6.07, 6.45) is 1.70. The number of para-hydroxylation sites is 2. The summed E-state index contributed by atoms with van der Waals surface area (Å²) in [5, 5.41) is 12.3. The van der Waals surface area contributed by atoms with E-state index in [9.17, 15) is 9.65 Å². The van der Waals surface area contributed by atoms with Crippen LogP contribution in [0.4, 0.5) is 27.5 Å². The molecule has 0 aliphatic carbocycles. The molecule has 0 amide bonds. The number of halogens is 1. The number of piperazine rings is 1. The molecule has 2 heterocycles. The van der Waals surface area contributed by atoms with Gasteiger partial charge in [0.15, 0.2) is 0 Å². The van der Waals surface area contributed by atoms with Crippen LogP contribution in [0.2, 0.25) is 0 Å². The fourth-order valence-electron chi connectivity index (χ4n) is 3.28. The number of aromatic nitrogens is 2. The molecule has 0 saturated carbocycles. The second-order valence-corrected chi connectivity index (χ2v) is 6.45. The third-order valence-corrected chi connectivity index (χ3v) is 4.73. The van der Waals surface area contributed by atoms with Crippen molar-refractivity contribution in [3.8, 4) is 6.07 Å². The van der Waals surface area contributed by atoms with E-state index < -0.39 is 0 Å². The Morgan fingerprint density at radius 1 is 0.929 bits per heavy atom. The van der Waals surface area contributed by atoms with Gasteiger partial charge in [0.2, 0.25) is 5.95 Å². The van der Waals surface area contributed by atoms with Crippen molar-refractivity contribution in [3.63, 3.8) is 0 Å². The summed E-state index contributed by atoms with van der Waals surface area (Å²) in [6.45, 7) is 2.90. The van der Waals surface area contributed by atoms with Crippen molar-refractivity contribution in [2.24, 2.45) is 0 Å². The molecule has 0 spiro atoms. The number of nitrogens with one attached hydrogen (secondary N) is 1. The number of hydrogen-bond donors (Lipinski definition) is 1. The Balaban J connectivity index is 1.46. The second-order valence-electron chi connectivity index (χ2n) is 6.45. The number of hydrogen-bond acceptors (Lipinski definition) is 6. The van der Waals surface area contributed by atoms with E-state index in [0.29, 0.717) is 36.0 Å². The van der Waals surface area contributed by atoms with E-state index in [2.05, 4.69) is 31.2 Å². The van der Waals surface area contributed by atoms with Crippen LogP contribution in [0, 0.1) is 17.1 Å². The van der Waals surface area contributed by atoms with E-state index in [0.717, 1.165) is 18.9 Å². The third kappa shape index (κ3) is 3.71. The summed E-state index contributed by atoms with van der Waals surface area (Å²) < 4.78 is 14.0. The fraction of sp³-hybridized carbons (Fsp3) is 0.190. The van der Waals surface area contributed by atoms with Gasteiger partial charge in [-0.25, -0.2) is 9.37 Å². The number of nitriles is 1. The van der Waals surface area contributed by atoms with Crippen molar-refractivity contribution in [2.45, 2.75) is 0 Å². The van der Waals surface area contributed by atoms with E-state index in [4.69, 9.17) is 0 Å². The van der Waals surface area contributed by atoms with E-state index >= 15 is 0 Å². The summed E-state index contributed by atoms with van der Waals surface area (Å²) in [5.74, 6) is 1.05. The highest BCUT2D eigenvalue weighted by molar-refractivity contribution is 5.63. The first-order valence-electron chi connectivity index (χ1n) is 9.08. The first-order valence-corrected chi connectivity index (χ1v) is 9.08. The number of rotatable bonds is 4. The maximum atomic E-state index is 14.0. The van der Waals surface area contributed by atoms with Gasteiger partial charge in [-0.2, -0.15) is 10.2 Å². The molecule has 1 aliphatic rings. The summed E-state index contributed by atoms with van der Waals surface area (Å²) in [7, 11) is 0. The molecule has 1 saturated heterocycles. The lowest BCUT2D eigenvalue weighted by Gasteiger charge is -2.36. The molecule has 0 radical (unpaired) electrons. The summed E-state index contributed by atoms with van der Waals surface area (Å²) in [6, 6.07) is 18.1. The molecule has 1 N–H and O–H groups in total. The lowest BCUT2D eigenvalue weighted by molar-refractivity contribution is 0.596. The van der Waals surface area contributed by atoms with E-state index in [1.54, 1.807) is 18.3 Å². The Labute approximate surface area is 162 Å². The lowest BCUT2D eigenvalue weighted by Crippen LogP contribution is -2.47. The van der Waals surface area contributed by atoms with Gasteiger partial charge in [-0.05, 0) is 30.3 Å².